The second kappa shape index (κ2) is 6.37. The molecule has 0 aliphatic carbocycles. The summed E-state index contributed by atoms with van der Waals surface area (Å²) < 4.78 is 11.5. The molecule has 6 unspecified atom stereocenters. The van der Waals surface area contributed by atoms with Crippen LogP contribution in [0.3, 0.4) is 0 Å². The zero-order valence-electron chi connectivity index (χ0n) is 12.4. The normalized spacial score (nSPS) is 47.5. The molecular weight excluding hydrogens is 292 g/mol. The Labute approximate surface area is 130 Å². The maximum Gasteiger partial charge on any atom is 0.0940 e. The minimum absolute atomic E-state index is 0.0880. The Bertz CT molecular complexity index is 333. The first-order valence-electron chi connectivity index (χ1n) is 7.76. The molecule has 0 bridgehead atoms. The van der Waals surface area contributed by atoms with Crippen molar-refractivity contribution in [2.24, 2.45) is 5.92 Å². The van der Waals surface area contributed by atoms with Crippen molar-refractivity contribution in [2.75, 3.05) is 25.6 Å². The van der Waals surface area contributed by atoms with Crippen LogP contribution in [0.1, 0.15) is 33.1 Å². The lowest BCUT2D eigenvalue weighted by molar-refractivity contribution is -0.115. The molecule has 0 saturated carbocycles. The largest absolute Gasteiger partial charge is 0.392 e. The lowest BCUT2D eigenvalue weighted by Gasteiger charge is -2.42. The molecule has 3 heterocycles. The number of rotatable bonds is 2. The van der Waals surface area contributed by atoms with E-state index in [1.54, 1.807) is 0 Å². The maximum absolute atomic E-state index is 10.8. The number of aliphatic hydroxyl groups excluding tert-OH is 1. The fourth-order valence-corrected chi connectivity index (χ4v) is 6.61. The molecule has 3 rings (SSSR count). The van der Waals surface area contributed by atoms with Gasteiger partial charge in [0.05, 0.1) is 18.3 Å². The van der Waals surface area contributed by atoms with Gasteiger partial charge in [-0.1, -0.05) is 13.8 Å². The molecule has 20 heavy (non-hydrogen) atoms. The van der Waals surface area contributed by atoms with Crippen LogP contribution >= 0.6 is 23.5 Å². The third-order valence-corrected chi connectivity index (χ3v) is 8.54. The van der Waals surface area contributed by atoms with E-state index < -0.39 is 0 Å². The highest BCUT2D eigenvalue weighted by Crippen LogP contribution is 2.43. The molecule has 1 spiro atoms. The Morgan fingerprint density at radius 3 is 2.80 bits per heavy atom. The third kappa shape index (κ3) is 3.17. The lowest BCUT2D eigenvalue weighted by Crippen LogP contribution is -2.47. The van der Waals surface area contributed by atoms with Gasteiger partial charge in [-0.25, -0.2) is 0 Å². The van der Waals surface area contributed by atoms with Crippen LogP contribution in [0.4, 0.5) is 0 Å². The Hall–Kier alpha value is 0.580. The van der Waals surface area contributed by atoms with Crippen molar-refractivity contribution in [3.05, 3.63) is 0 Å². The van der Waals surface area contributed by atoms with E-state index in [1.807, 2.05) is 23.5 Å². The van der Waals surface area contributed by atoms with Gasteiger partial charge in [-0.15, -0.1) is 0 Å². The van der Waals surface area contributed by atoms with E-state index in [4.69, 9.17) is 9.47 Å². The van der Waals surface area contributed by atoms with E-state index in [1.165, 1.54) is 0 Å². The van der Waals surface area contributed by atoms with E-state index >= 15 is 0 Å². The average molecular weight is 319 g/mol. The summed E-state index contributed by atoms with van der Waals surface area (Å²) in [6.07, 6.45) is 2.77. The van der Waals surface area contributed by atoms with Gasteiger partial charge < -0.3 is 14.6 Å². The number of ether oxygens (including phenoxy) is 2. The minimum Gasteiger partial charge on any atom is -0.392 e. The van der Waals surface area contributed by atoms with E-state index in [0.717, 1.165) is 44.8 Å². The van der Waals surface area contributed by atoms with Crippen LogP contribution in [0.15, 0.2) is 0 Å². The Balaban J connectivity index is 1.60. The smallest absolute Gasteiger partial charge is 0.0940 e. The fraction of sp³-hybridized carbons (Fsp3) is 1.00. The van der Waals surface area contributed by atoms with Crippen LogP contribution in [0.25, 0.3) is 0 Å². The van der Waals surface area contributed by atoms with Crippen molar-refractivity contribution in [3.8, 4) is 0 Å². The summed E-state index contributed by atoms with van der Waals surface area (Å²) in [6.45, 7) is 6.89. The summed E-state index contributed by atoms with van der Waals surface area (Å²) in [5.41, 5.74) is -0.0880. The van der Waals surface area contributed by atoms with Crippen molar-refractivity contribution in [2.45, 2.75) is 60.6 Å². The van der Waals surface area contributed by atoms with Crippen molar-refractivity contribution < 1.29 is 14.6 Å². The summed E-state index contributed by atoms with van der Waals surface area (Å²) in [5.74, 6) is 1.46. The van der Waals surface area contributed by atoms with Gasteiger partial charge in [0.1, 0.15) is 0 Å². The number of thioether (sulfide) groups is 2. The molecule has 116 valence electrons. The Morgan fingerprint density at radius 2 is 2.10 bits per heavy atom. The lowest BCUT2D eigenvalue weighted by atomic mass is 9.81. The van der Waals surface area contributed by atoms with Crippen LogP contribution in [0.5, 0.6) is 0 Å². The average Bonchev–Trinajstić information content (AvgIpc) is 2.89. The molecule has 0 amide bonds. The van der Waals surface area contributed by atoms with Gasteiger partial charge in [0.25, 0.3) is 0 Å². The number of hydrogen-bond acceptors (Lipinski definition) is 5. The van der Waals surface area contributed by atoms with Crippen molar-refractivity contribution in [1.82, 2.24) is 0 Å². The zero-order valence-corrected chi connectivity index (χ0v) is 14.0. The van der Waals surface area contributed by atoms with Crippen molar-refractivity contribution >= 4 is 23.5 Å². The number of hydrogen-bond donors (Lipinski definition) is 1. The first-order chi connectivity index (χ1) is 9.60. The molecular formula is C15H26O3S2. The van der Waals surface area contributed by atoms with Crippen molar-refractivity contribution in [1.29, 1.82) is 0 Å². The number of aliphatic hydroxyl groups is 1. The van der Waals surface area contributed by atoms with Crippen LogP contribution in [-0.2, 0) is 9.47 Å². The monoisotopic (exact) mass is 318 g/mol. The van der Waals surface area contributed by atoms with Gasteiger partial charge >= 0.3 is 0 Å². The Morgan fingerprint density at radius 1 is 1.25 bits per heavy atom. The van der Waals surface area contributed by atoms with Crippen LogP contribution in [0, 0.1) is 5.92 Å². The van der Waals surface area contributed by atoms with E-state index in [2.05, 4.69) is 13.8 Å². The van der Waals surface area contributed by atoms with Gasteiger partial charge in [-0.2, -0.15) is 23.5 Å². The fourth-order valence-electron chi connectivity index (χ4n) is 3.51. The van der Waals surface area contributed by atoms with E-state index in [0.29, 0.717) is 21.7 Å². The minimum atomic E-state index is -0.191. The van der Waals surface area contributed by atoms with Crippen LogP contribution in [0.2, 0.25) is 0 Å². The molecule has 0 radical (unpaired) electrons. The molecule has 3 saturated heterocycles. The molecule has 0 aromatic heterocycles. The summed E-state index contributed by atoms with van der Waals surface area (Å²) in [7, 11) is 0. The second-order valence-corrected chi connectivity index (χ2v) is 9.53. The van der Waals surface area contributed by atoms with Gasteiger partial charge in [-0.05, 0) is 18.8 Å². The molecule has 0 aromatic rings. The zero-order chi connectivity index (χ0) is 14.2. The summed E-state index contributed by atoms with van der Waals surface area (Å²) in [6, 6.07) is 0. The standard InChI is InChI=1S/C15H26O3S2/c1-10-11(2)20-13(8-19-10)14(16)12-3-5-18-15(7-12)4-6-17-9-15/h10-14,16H,3-9H2,1-2H3. The first-order valence-corrected chi connectivity index (χ1v) is 9.76. The highest BCUT2D eigenvalue weighted by Gasteiger charge is 2.44. The summed E-state index contributed by atoms with van der Waals surface area (Å²) in [4.78, 5) is 0. The van der Waals surface area contributed by atoms with Gasteiger partial charge in [-0.3, -0.25) is 0 Å². The topological polar surface area (TPSA) is 38.7 Å². The molecule has 0 aromatic carbocycles. The molecule has 3 aliphatic heterocycles. The molecule has 5 heteroatoms. The second-order valence-electron chi connectivity index (χ2n) is 6.50. The van der Waals surface area contributed by atoms with Crippen LogP contribution < -0.4 is 0 Å². The van der Waals surface area contributed by atoms with Gasteiger partial charge in [0, 0.05) is 41.1 Å². The maximum atomic E-state index is 10.8. The molecule has 3 aliphatic rings. The molecule has 6 atom stereocenters. The van der Waals surface area contributed by atoms with Gasteiger partial charge in [0.2, 0.25) is 0 Å². The van der Waals surface area contributed by atoms with Crippen LogP contribution in [-0.4, -0.2) is 58.1 Å². The molecule has 1 N–H and O–H groups in total. The van der Waals surface area contributed by atoms with E-state index in [-0.39, 0.29) is 11.7 Å². The molecule has 3 nitrogen and oxygen atoms in total. The highest BCUT2D eigenvalue weighted by atomic mass is 32.2. The highest BCUT2D eigenvalue weighted by molar-refractivity contribution is 8.07. The quantitative estimate of drug-likeness (QED) is 0.847. The molecule has 3 fully saturated rings. The first kappa shape index (κ1) is 15.5. The predicted octanol–water partition coefficient (Wildman–Crippen LogP) is 2.56. The predicted molar refractivity (Wildman–Crippen MR) is 85.6 cm³/mol. The third-order valence-electron chi connectivity index (χ3n) is 5.04. The summed E-state index contributed by atoms with van der Waals surface area (Å²) >= 11 is 4.00. The van der Waals surface area contributed by atoms with Gasteiger partial charge in [0.15, 0.2) is 0 Å². The van der Waals surface area contributed by atoms with Crippen molar-refractivity contribution in [3.63, 3.8) is 0 Å². The SMILES string of the molecule is CC1SCC(C(O)C2CCOC3(CCOC3)C2)SC1C. The van der Waals surface area contributed by atoms with E-state index in [9.17, 15) is 5.11 Å². The summed E-state index contributed by atoms with van der Waals surface area (Å²) in [5, 5.41) is 12.5. The Kier molecular flexibility index (Phi) is 4.93.